The number of carbonyl (C=O) groups is 2. The number of thioether (sulfide) groups is 1. The van der Waals surface area contributed by atoms with E-state index in [-0.39, 0.29) is 5.25 Å². The first kappa shape index (κ1) is 20.3. The van der Waals surface area contributed by atoms with Crippen LogP contribution in [0, 0.1) is 0 Å². The number of oxazole rings is 1. The number of nitrogens with two attached hydrogens (primary N) is 1. The Hall–Kier alpha value is -1.74. The normalized spacial score (nSPS) is 11.3. The van der Waals surface area contributed by atoms with Crippen molar-refractivity contribution in [1.29, 1.82) is 0 Å². The monoisotopic (exact) mass is 392 g/mol. The van der Waals surface area contributed by atoms with Gasteiger partial charge in [0.1, 0.15) is 6.26 Å². The number of benzene rings is 1. The van der Waals surface area contributed by atoms with Crippen molar-refractivity contribution in [3.8, 4) is 0 Å². The molecule has 0 bridgehead atoms. The van der Waals surface area contributed by atoms with Crippen LogP contribution >= 0.6 is 35.0 Å². The molecule has 4 N–H and O–H groups in total. The largest absolute Gasteiger partial charge is 0.473 e. The summed E-state index contributed by atoms with van der Waals surface area (Å²) in [6, 6.07) is 5.37. The topological polar surface area (TPSA) is 127 Å². The Morgan fingerprint density at radius 2 is 1.96 bits per heavy atom. The van der Waals surface area contributed by atoms with Crippen LogP contribution in [0.1, 0.15) is 17.6 Å². The number of carboxylic acids is 2. The maximum atomic E-state index is 9.10. The molecule has 0 spiro atoms. The van der Waals surface area contributed by atoms with E-state index < -0.39 is 11.9 Å². The van der Waals surface area contributed by atoms with Crippen molar-refractivity contribution >= 4 is 46.9 Å². The van der Waals surface area contributed by atoms with Crippen molar-refractivity contribution < 1.29 is 24.2 Å². The zero-order valence-electron chi connectivity index (χ0n) is 12.2. The van der Waals surface area contributed by atoms with Crippen molar-refractivity contribution in [3.63, 3.8) is 0 Å². The Labute approximate surface area is 151 Å². The summed E-state index contributed by atoms with van der Waals surface area (Å²) >= 11 is 13.7. The molecule has 0 aliphatic rings. The Balaban J connectivity index is 0.000000413. The fraction of sp³-hybridized carbons (Fsp3) is 0.214. The Morgan fingerprint density at radius 1 is 1.29 bits per heavy atom. The van der Waals surface area contributed by atoms with Crippen LogP contribution in [0.3, 0.4) is 0 Å². The molecule has 0 aliphatic carbocycles. The molecule has 0 radical (unpaired) electrons. The number of hydrogen-bond acceptors (Lipinski definition) is 6. The van der Waals surface area contributed by atoms with E-state index in [9.17, 15) is 0 Å². The molecule has 10 heteroatoms. The second-order valence-electron chi connectivity index (χ2n) is 4.24. The van der Waals surface area contributed by atoms with E-state index in [2.05, 4.69) is 4.98 Å². The van der Waals surface area contributed by atoms with Crippen molar-refractivity contribution in [1.82, 2.24) is 4.98 Å². The standard InChI is InChI=1S/C12H12Cl2N2OS.C2H2O4/c13-8-1-2-9(14)11(7-8)18-10(3-4-15)12-16-5-6-17-12;3-1(4)2(5)6/h1-2,5-7,10H,3-4,15H2;(H,3,4)(H,5,6). The van der Waals surface area contributed by atoms with E-state index in [0.717, 1.165) is 11.3 Å². The van der Waals surface area contributed by atoms with Gasteiger partial charge in [-0.3, -0.25) is 0 Å². The Morgan fingerprint density at radius 3 is 2.46 bits per heavy atom. The molecule has 1 unspecified atom stereocenters. The highest BCUT2D eigenvalue weighted by molar-refractivity contribution is 7.99. The van der Waals surface area contributed by atoms with Crippen molar-refractivity contribution in [2.24, 2.45) is 5.73 Å². The molecule has 0 saturated carbocycles. The van der Waals surface area contributed by atoms with E-state index in [1.165, 1.54) is 0 Å². The average Bonchev–Trinajstić information content (AvgIpc) is 3.05. The molecule has 2 rings (SSSR count). The van der Waals surface area contributed by atoms with Crippen LogP contribution in [0.5, 0.6) is 0 Å². The number of halogens is 2. The average molecular weight is 393 g/mol. The van der Waals surface area contributed by atoms with Gasteiger partial charge >= 0.3 is 11.9 Å². The minimum atomic E-state index is -1.82. The molecular formula is C14H14Cl2N2O5S. The minimum absolute atomic E-state index is 0.0426. The summed E-state index contributed by atoms with van der Waals surface area (Å²) in [5.41, 5.74) is 5.62. The van der Waals surface area contributed by atoms with E-state index in [1.54, 1.807) is 36.4 Å². The first-order valence-electron chi connectivity index (χ1n) is 6.52. The summed E-state index contributed by atoms with van der Waals surface area (Å²) < 4.78 is 5.33. The van der Waals surface area contributed by atoms with Gasteiger partial charge in [-0.05, 0) is 31.2 Å². The second kappa shape index (κ2) is 10.2. The van der Waals surface area contributed by atoms with Gasteiger partial charge in [-0.1, -0.05) is 23.2 Å². The van der Waals surface area contributed by atoms with E-state index in [1.807, 2.05) is 6.07 Å². The summed E-state index contributed by atoms with van der Waals surface area (Å²) in [6.07, 6.45) is 3.94. The van der Waals surface area contributed by atoms with Crippen LogP contribution in [-0.2, 0) is 9.59 Å². The Kier molecular flexibility index (Phi) is 8.62. The molecule has 130 valence electrons. The van der Waals surface area contributed by atoms with Crippen molar-refractivity contribution in [2.45, 2.75) is 16.6 Å². The fourth-order valence-corrected chi connectivity index (χ4v) is 3.14. The third-order valence-corrected chi connectivity index (χ3v) is 4.49. The van der Waals surface area contributed by atoms with Gasteiger partial charge in [0, 0.05) is 9.92 Å². The molecule has 1 atom stereocenters. The molecule has 2 aromatic rings. The summed E-state index contributed by atoms with van der Waals surface area (Å²) in [4.78, 5) is 23.3. The maximum Gasteiger partial charge on any atom is 0.414 e. The van der Waals surface area contributed by atoms with E-state index >= 15 is 0 Å². The zero-order valence-corrected chi connectivity index (χ0v) is 14.5. The van der Waals surface area contributed by atoms with Gasteiger partial charge in [-0.25, -0.2) is 14.6 Å². The fourth-order valence-electron chi connectivity index (χ4n) is 1.50. The van der Waals surface area contributed by atoms with Crippen LogP contribution in [0.25, 0.3) is 0 Å². The molecule has 0 aliphatic heterocycles. The highest BCUT2D eigenvalue weighted by Gasteiger charge is 2.18. The lowest BCUT2D eigenvalue weighted by atomic mass is 10.3. The van der Waals surface area contributed by atoms with E-state index in [0.29, 0.717) is 22.5 Å². The van der Waals surface area contributed by atoms with Crippen LogP contribution < -0.4 is 5.73 Å². The second-order valence-corrected chi connectivity index (χ2v) is 6.33. The molecule has 1 aromatic carbocycles. The first-order chi connectivity index (χ1) is 11.3. The van der Waals surface area contributed by atoms with Crippen LogP contribution in [0.2, 0.25) is 10.0 Å². The minimum Gasteiger partial charge on any atom is -0.473 e. The van der Waals surface area contributed by atoms with Gasteiger partial charge in [0.15, 0.2) is 0 Å². The van der Waals surface area contributed by atoms with Gasteiger partial charge in [0.05, 0.1) is 16.5 Å². The Bertz CT molecular complexity index is 670. The maximum absolute atomic E-state index is 9.10. The van der Waals surface area contributed by atoms with Crippen molar-refractivity contribution in [2.75, 3.05) is 6.54 Å². The SMILES string of the molecule is NCCC(Sc1cc(Cl)ccc1Cl)c1ncco1.O=C(O)C(=O)O. The number of aromatic nitrogens is 1. The van der Waals surface area contributed by atoms with Gasteiger partial charge in [0.25, 0.3) is 0 Å². The molecule has 1 heterocycles. The molecule has 1 aromatic heterocycles. The van der Waals surface area contributed by atoms with Crippen LogP contribution in [-0.4, -0.2) is 33.7 Å². The number of hydrogen-bond donors (Lipinski definition) is 3. The lowest BCUT2D eigenvalue weighted by molar-refractivity contribution is -0.159. The third kappa shape index (κ3) is 6.79. The summed E-state index contributed by atoms with van der Waals surface area (Å²) in [5, 5.41) is 16.1. The molecular weight excluding hydrogens is 379 g/mol. The molecule has 0 fully saturated rings. The number of nitrogens with zero attached hydrogens (tertiary/aromatic N) is 1. The highest BCUT2D eigenvalue weighted by Crippen LogP contribution is 2.40. The molecule has 0 amide bonds. The van der Waals surface area contributed by atoms with E-state index in [4.69, 9.17) is 53.2 Å². The van der Waals surface area contributed by atoms with Crippen LogP contribution in [0.4, 0.5) is 0 Å². The lowest BCUT2D eigenvalue weighted by Gasteiger charge is -2.13. The quantitative estimate of drug-likeness (QED) is 0.522. The lowest BCUT2D eigenvalue weighted by Crippen LogP contribution is -2.09. The number of carboxylic acid groups (broad SMARTS) is 2. The summed E-state index contributed by atoms with van der Waals surface area (Å²) in [5.74, 6) is -2.99. The number of rotatable bonds is 5. The van der Waals surface area contributed by atoms with Gasteiger partial charge < -0.3 is 20.4 Å². The molecule has 7 nitrogen and oxygen atoms in total. The zero-order chi connectivity index (χ0) is 18.1. The predicted molar refractivity (Wildman–Crippen MR) is 90.5 cm³/mol. The molecule has 24 heavy (non-hydrogen) atoms. The summed E-state index contributed by atoms with van der Waals surface area (Å²) in [6.45, 7) is 0.554. The summed E-state index contributed by atoms with van der Waals surface area (Å²) in [7, 11) is 0. The van der Waals surface area contributed by atoms with Gasteiger partial charge in [-0.2, -0.15) is 0 Å². The highest BCUT2D eigenvalue weighted by atomic mass is 35.5. The smallest absolute Gasteiger partial charge is 0.414 e. The predicted octanol–water partition coefficient (Wildman–Crippen LogP) is 3.32. The number of aliphatic carboxylic acids is 2. The first-order valence-corrected chi connectivity index (χ1v) is 8.16. The van der Waals surface area contributed by atoms with Crippen molar-refractivity contribution in [3.05, 3.63) is 46.6 Å². The van der Waals surface area contributed by atoms with Gasteiger partial charge in [0.2, 0.25) is 5.89 Å². The third-order valence-electron chi connectivity index (χ3n) is 2.50. The molecule has 0 saturated heterocycles. The van der Waals surface area contributed by atoms with Gasteiger partial charge in [-0.15, -0.1) is 11.8 Å². The van der Waals surface area contributed by atoms with Crippen LogP contribution in [0.15, 0.2) is 40.0 Å².